The van der Waals surface area contributed by atoms with Crippen LogP contribution in [0.5, 0.6) is 0 Å². The van der Waals surface area contributed by atoms with Gasteiger partial charge in [0.25, 0.3) is 0 Å². The van der Waals surface area contributed by atoms with Gasteiger partial charge in [0, 0.05) is 19.0 Å². The minimum absolute atomic E-state index is 0.0667. The van der Waals surface area contributed by atoms with Gasteiger partial charge in [0.1, 0.15) is 17.4 Å². The van der Waals surface area contributed by atoms with E-state index in [1.54, 1.807) is 6.92 Å². The van der Waals surface area contributed by atoms with Crippen LogP contribution in [-0.4, -0.2) is 38.5 Å². The predicted octanol–water partition coefficient (Wildman–Crippen LogP) is 1.36. The average molecular weight is 324 g/mol. The molecule has 0 radical (unpaired) electrons. The van der Waals surface area contributed by atoms with Crippen molar-refractivity contribution in [2.24, 2.45) is 0 Å². The van der Waals surface area contributed by atoms with Gasteiger partial charge in [-0.05, 0) is 19.1 Å². The zero-order chi connectivity index (χ0) is 16.3. The number of carbonyl (C=O) groups excluding carboxylic acids is 1. The third-order valence-electron chi connectivity index (χ3n) is 3.27. The number of benzene rings is 1. The number of aryl methyl sites for hydroxylation is 1. The second kappa shape index (κ2) is 6.91. The van der Waals surface area contributed by atoms with E-state index in [1.165, 1.54) is 11.6 Å². The highest BCUT2D eigenvalue weighted by molar-refractivity contribution is 6.30. The van der Waals surface area contributed by atoms with Crippen molar-refractivity contribution in [1.29, 1.82) is 0 Å². The van der Waals surface area contributed by atoms with Gasteiger partial charge in [-0.1, -0.05) is 29.8 Å². The molecule has 0 saturated carbocycles. The number of nitrogens with zero attached hydrogens (tertiary/aromatic N) is 2. The van der Waals surface area contributed by atoms with Crippen molar-refractivity contribution in [2.45, 2.75) is 26.1 Å². The smallest absolute Gasteiger partial charge is 0.216 e. The van der Waals surface area contributed by atoms with Gasteiger partial charge in [-0.25, -0.2) is 4.68 Å². The summed E-state index contributed by atoms with van der Waals surface area (Å²) >= 11 is 6.31. The Hall–Kier alpha value is -1.89. The summed E-state index contributed by atoms with van der Waals surface area (Å²) in [5, 5.41) is 27.3. The molecule has 7 heteroatoms. The minimum atomic E-state index is -1.24. The molecular formula is C15H18ClN3O3. The molecule has 1 heterocycles. The molecule has 6 nitrogen and oxygen atoms in total. The summed E-state index contributed by atoms with van der Waals surface area (Å²) in [6.45, 7) is 2.97. The lowest BCUT2D eigenvalue weighted by Gasteiger charge is -2.18. The summed E-state index contributed by atoms with van der Waals surface area (Å²) in [6, 6.07) is 9.25. The van der Waals surface area contributed by atoms with Gasteiger partial charge in [0.2, 0.25) is 5.91 Å². The molecule has 2 aromatic rings. The van der Waals surface area contributed by atoms with Crippen molar-refractivity contribution in [2.75, 3.05) is 6.54 Å². The van der Waals surface area contributed by atoms with E-state index in [9.17, 15) is 15.0 Å². The van der Waals surface area contributed by atoms with Crippen LogP contribution in [-0.2, 0) is 4.79 Å². The van der Waals surface area contributed by atoms with Gasteiger partial charge in [-0.2, -0.15) is 5.10 Å². The fraction of sp³-hybridized carbons (Fsp3) is 0.333. The number of nitrogens with one attached hydrogen (secondary N) is 1. The van der Waals surface area contributed by atoms with E-state index in [4.69, 9.17) is 11.6 Å². The molecule has 0 bridgehead atoms. The molecule has 22 heavy (non-hydrogen) atoms. The first-order valence-corrected chi connectivity index (χ1v) is 7.20. The fourth-order valence-electron chi connectivity index (χ4n) is 2.14. The monoisotopic (exact) mass is 323 g/mol. The first kappa shape index (κ1) is 16.5. The number of aliphatic hydroxyl groups excluding tert-OH is 2. The number of aromatic nitrogens is 2. The number of amides is 1. The molecule has 0 saturated heterocycles. The van der Waals surface area contributed by atoms with Gasteiger partial charge in [-0.15, -0.1) is 0 Å². The molecule has 2 rings (SSSR count). The Labute approximate surface area is 133 Å². The number of hydrogen-bond acceptors (Lipinski definition) is 4. The molecular weight excluding hydrogens is 306 g/mol. The highest BCUT2D eigenvalue weighted by atomic mass is 35.5. The third-order valence-corrected chi connectivity index (χ3v) is 3.63. The molecule has 1 amide bonds. The summed E-state index contributed by atoms with van der Waals surface area (Å²) < 4.78 is 1.50. The van der Waals surface area contributed by atoms with Crippen molar-refractivity contribution in [1.82, 2.24) is 15.1 Å². The highest BCUT2D eigenvalue weighted by Crippen LogP contribution is 2.30. The molecule has 0 aliphatic carbocycles. The largest absolute Gasteiger partial charge is 0.388 e. The van der Waals surface area contributed by atoms with Gasteiger partial charge < -0.3 is 15.5 Å². The summed E-state index contributed by atoms with van der Waals surface area (Å²) in [4.78, 5) is 10.9. The number of carbonyl (C=O) groups is 1. The van der Waals surface area contributed by atoms with E-state index in [2.05, 4.69) is 10.4 Å². The normalized spacial score (nSPS) is 13.7. The number of rotatable bonds is 5. The Morgan fingerprint density at radius 2 is 2.00 bits per heavy atom. The van der Waals surface area contributed by atoms with E-state index in [1.807, 2.05) is 30.3 Å². The summed E-state index contributed by atoms with van der Waals surface area (Å²) in [6.07, 6.45) is -2.41. The SMILES string of the molecule is CC(=O)NCC(O)C(O)c1c(C)nn(-c2ccccc2)c1Cl. The lowest BCUT2D eigenvalue weighted by Crippen LogP contribution is -2.34. The quantitative estimate of drug-likeness (QED) is 0.775. The molecule has 118 valence electrons. The molecule has 2 unspecified atom stereocenters. The maximum Gasteiger partial charge on any atom is 0.216 e. The lowest BCUT2D eigenvalue weighted by molar-refractivity contribution is -0.119. The van der Waals surface area contributed by atoms with Crippen LogP contribution in [0.2, 0.25) is 5.15 Å². The van der Waals surface area contributed by atoms with Crippen molar-refractivity contribution < 1.29 is 15.0 Å². The van der Waals surface area contributed by atoms with Crippen LogP contribution in [0.3, 0.4) is 0 Å². The van der Waals surface area contributed by atoms with Crippen LogP contribution in [0.4, 0.5) is 0 Å². The van der Waals surface area contributed by atoms with Crippen molar-refractivity contribution >= 4 is 17.5 Å². The van der Waals surface area contributed by atoms with Crippen molar-refractivity contribution in [3.63, 3.8) is 0 Å². The lowest BCUT2D eigenvalue weighted by atomic mass is 10.1. The van der Waals surface area contributed by atoms with E-state index in [-0.39, 0.29) is 17.6 Å². The highest BCUT2D eigenvalue weighted by Gasteiger charge is 2.27. The number of halogens is 1. The van der Waals surface area contributed by atoms with E-state index in [0.717, 1.165) is 5.69 Å². The average Bonchev–Trinajstić information content (AvgIpc) is 2.80. The minimum Gasteiger partial charge on any atom is -0.388 e. The van der Waals surface area contributed by atoms with E-state index >= 15 is 0 Å². The van der Waals surface area contributed by atoms with Crippen LogP contribution < -0.4 is 5.32 Å². The van der Waals surface area contributed by atoms with Crippen molar-refractivity contribution in [3.8, 4) is 5.69 Å². The third kappa shape index (κ3) is 3.47. The summed E-state index contributed by atoms with van der Waals surface area (Å²) in [5.41, 5.74) is 1.62. The number of hydrogen-bond donors (Lipinski definition) is 3. The van der Waals surface area contributed by atoms with Crippen LogP contribution in [0.25, 0.3) is 5.69 Å². The molecule has 0 aliphatic heterocycles. The zero-order valence-corrected chi connectivity index (χ0v) is 13.1. The van der Waals surface area contributed by atoms with Gasteiger partial charge >= 0.3 is 0 Å². The first-order valence-electron chi connectivity index (χ1n) is 6.82. The van der Waals surface area contributed by atoms with Crippen molar-refractivity contribution in [3.05, 3.63) is 46.7 Å². The molecule has 1 aromatic carbocycles. The van der Waals surface area contributed by atoms with Crippen LogP contribution >= 0.6 is 11.6 Å². The topological polar surface area (TPSA) is 87.4 Å². The Balaban J connectivity index is 2.28. The Morgan fingerprint density at radius 3 is 2.59 bits per heavy atom. The van der Waals surface area contributed by atoms with Gasteiger partial charge in [0.05, 0.1) is 11.4 Å². The number of para-hydroxylation sites is 1. The molecule has 1 aromatic heterocycles. The second-order valence-corrected chi connectivity index (χ2v) is 5.34. The van der Waals surface area contributed by atoms with Crippen LogP contribution in [0, 0.1) is 6.92 Å². The van der Waals surface area contributed by atoms with Gasteiger partial charge in [-0.3, -0.25) is 4.79 Å². The Bertz CT molecular complexity index is 658. The predicted molar refractivity (Wildman–Crippen MR) is 83.0 cm³/mol. The Kier molecular flexibility index (Phi) is 5.18. The maximum absolute atomic E-state index is 10.9. The zero-order valence-electron chi connectivity index (χ0n) is 12.3. The molecule has 2 atom stereocenters. The molecule has 3 N–H and O–H groups in total. The fourth-order valence-corrected chi connectivity index (χ4v) is 2.52. The summed E-state index contributed by atoms with van der Waals surface area (Å²) in [7, 11) is 0. The van der Waals surface area contributed by atoms with Gasteiger partial charge in [0.15, 0.2) is 0 Å². The first-order chi connectivity index (χ1) is 10.4. The Morgan fingerprint density at radius 1 is 1.36 bits per heavy atom. The maximum atomic E-state index is 10.9. The summed E-state index contributed by atoms with van der Waals surface area (Å²) in [5.74, 6) is -0.283. The van der Waals surface area contributed by atoms with Crippen LogP contribution in [0.1, 0.15) is 24.3 Å². The van der Waals surface area contributed by atoms with E-state index < -0.39 is 12.2 Å². The molecule has 0 fully saturated rings. The van der Waals surface area contributed by atoms with E-state index in [0.29, 0.717) is 11.3 Å². The molecule has 0 aliphatic rings. The standard InChI is InChI=1S/C15H18ClN3O3/c1-9-13(14(22)12(21)8-17-10(2)20)15(16)19(18-9)11-6-4-3-5-7-11/h3-7,12,14,21-22H,8H2,1-2H3,(H,17,20). The second-order valence-electron chi connectivity index (χ2n) is 4.99. The molecule has 0 spiro atoms. The number of aliphatic hydroxyl groups is 2. The van der Waals surface area contributed by atoms with Crippen LogP contribution in [0.15, 0.2) is 30.3 Å².